The number of benzene rings is 2. The predicted molar refractivity (Wildman–Crippen MR) is 63.8 cm³/mol. The number of carbonyl (C=O) groups is 1. The molecule has 2 aromatic carbocycles. The van der Waals surface area contributed by atoms with Gasteiger partial charge in [0.15, 0.2) is 5.75 Å². The van der Waals surface area contributed by atoms with Gasteiger partial charge in [0.1, 0.15) is 5.69 Å². The zero-order chi connectivity index (χ0) is 12.8. The summed E-state index contributed by atoms with van der Waals surface area (Å²) in [5.41, 5.74) is 0.992. The fourth-order valence-electron chi connectivity index (χ4n) is 1.32. The highest BCUT2D eigenvalue weighted by atomic mass is 16.7. The lowest BCUT2D eigenvalue weighted by Gasteiger charge is -2.00. The molecule has 0 atom stereocenters. The quantitative estimate of drug-likeness (QED) is 0.462. The fourth-order valence-corrected chi connectivity index (χ4v) is 1.32. The minimum atomic E-state index is -1.63. The van der Waals surface area contributed by atoms with Crippen molar-refractivity contribution in [2.24, 2.45) is 10.2 Å². The van der Waals surface area contributed by atoms with Crippen molar-refractivity contribution in [1.82, 2.24) is 0 Å². The van der Waals surface area contributed by atoms with Crippen LogP contribution in [0.4, 0.5) is 16.2 Å². The first-order chi connectivity index (χ1) is 8.75. The van der Waals surface area contributed by atoms with Crippen LogP contribution in [0.3, 0.4) is 0 Å². The van der Waals surface area contributed by atoms with Gasteiger partial charge in [-0.15, -0.1) is 5.11 Å². The molecule has 0 N–H and O–H groups in total. The first-order valence-electron chi connectivity index (χ1n) is 5.20. The molecule has 0 saturated carbocycles. The van der Waals surface area contributed by atoms with Crippen LogP contribution in [0.2, 0.25) is 0 Å². The Labute approximate surface area is 103 Å². The van der Waals surface area contributed by atoms with Crippen molar-refractivity contribution in [3.63, 3.8) is 0 Å². The molecule has 0 aliphatic rings. The van der Waals surface area contributed by atoms with Crippen LogP contribution in [0.15, 0.2) is 64.8 Å². The Kier molecular flexibility index (Phi) is 3.66. The van der Waals surface area contributed by atoms with Gasteiger partial charge in [-0.05, 0) is 24.3 Å². The van der Waals surface area contributed by atoms with Gasteiger partial charge in [0, 0.05) is 0 Å². The van der Waals surface area contributed by atoms with E-state index < -0.39 is 6.16 Å². The number of ether oxygens (including phenoxy) is 1. The van der Waals surface area contributed by atoms with Crippen LogP contribution >= 0.6 is 0 Å². The Bertz CT molecular complexity index is 567. The second kappa shape index (κ2) is 5.58. The normalized spacial score (nSPS) is 10.4. The second-order valence-corrected chi connectivity index (χ2v) is 3.36. The van der Waals surface area contributed by atoms with Crippen molar-refractivity contribution in [1.29, 1.82) is 0 Å². The lowest BCUT2D eigenvalue weighted by atomic mass is 10.3. The molecule has 0 bridgehead atoms. The molecule has 0 heterocycles. The third-order valence-corrected chi connectivity index (χ3v) is 2.09. The number of nitrogens with zero attached hydrogens (tertiary/aromatic N) is 2. The monoisotopic (exact) mass is 241 g/mol. The predicted octanol–water partition coefficient (Wildman–Crippen LogP) is 4.03. The van der Waals surface area contributed by atoms with Crippen molar-refractivity contribution in [3.05, 3.63) is 54.6 Å². The zero-order valence-corrected chi connectivity index (χ0v) is 9.32. The maximum absolute atomic E-state index is 10.4. The lowest BCUT2D eigenvalue weighted by Crippen LogP contribution is -2.00. The van der Waals surface area contributed by atoms with Gasteiger partial charge < -0.3 is 4.74 Å². The topological polar surface area (TPSA) is 70.9 Å². The van der Waals surface area contributed by atoms with E-state index in [0.717, 1.165) is 0 Å². The van der Waals surface area contributed by atoms with Gasteiger partial charge in [-0.2, -0.15) is 15.0 Å². The van der Waals surface area contributed by atoms with E-state index in [1.165, 1.54) is 6.07 Å². The maximum atomic E-state index is 10.4. The van der Waals surface area contributed by atoms with Crippen molar-refractivity contribution in [3.8, 4) is 5.75 Å². The summed E-state index contributed by atoms with van der Waals surface area (Å²) in [6.07, 6.45) is -1.63. The molecule has 0 aliphatic heterocycles. The molecule has 0 unspecified atom stereocenters. The van der Waals surface area contributed by atoms with Gasteiger partial charge in [-0.25, -0.2) is 0 Å². The summed E-state index contributed by atoms with van der Waals surface area (Å²) in [6.45, 7) is 0. The summed E-state index contributed by atoms with van der Waals surface area (Å²) in [6, 6.07) is 15.5. The highest BCUT2D eigenvalue weighted by molar-refractivity contribution is 5.65. The molecule has 0 aliphatic carbocycles. The van der Waals surface area contributed by atoms with E-state index in [2.05, 4.69) is 15.0 Å². The fraction of sp³-hybridized carbons (Fsp3) is 0. The zero-order valence-electron chi connectivity index (χ0n) is 9.32. The van der Waals surface area contributed by atoms with Gasteiger partial charge >= 0.3 is 6.16 Å². The van der Waals surface area contributed by atoms with Gasteiger partial charge in [-0.3, -0.25) is 0 Å². The van der Waals surface area contributed by atoms with Crippen LogP contribution in [0.5, 0.6) is 5.75 Å². The summed E-state index contributed by atoms with van der Waals surface area (Å²) in [7, 11) is 0. The van der Waals surface area contributed by atoms with E-state index in [0.29, 0.717) is 11.4 Å². The van der Waals surface area contributed by atoms with Crippen molar-refractivity contribution < 1.29 is 14.6 Å². The van der Waals surface area contributed by atoms with Crippen LogP contribution in [-0.2, 0) is 5.11 Å². The van der Waals surface area contributed by atoms with E-state index in [9.17, 15) is 9.90 Å². The van der Waals surface area contributed by atoms with E-state index in [1.54, 1.807) is 30.3 Å². The van der Waals surface area contributed by atoms with Crippen LogP contribution in [-0.4, -0.2) is 6.16 Å². The molecule has 89 valence electrons. The summed E-state index contributed by atoms with van der Waals surface area (Å²) < 4.78 is 4.49. The Morgan fingerprint density at radius 1 is 0.889 bits per heavy atom. The molecule has 0 fully saturated rings. The minimum Gasteiger partial charge on any atom is -0.390 e. The molecule has 0 aromatic heterocycles. The molecule has 1 radical (unpaired) electrons. The average molecular weight is 241 g/mol. The van der Waals surface area contributed by atoms with Gasteiger partial charge in [0.25, 0.3) is 0 Å². The molecule has 5 heteroatoms. The van der Waals surface area contributed by atoms with E-state index >= 15 is 0 Å². The van der Waals surface area contributed by atoms with Crippen LogP contribution in [0, 0.1) is 0 Å². The van der Waals surface area contributed by atoms with Crippen LogP contribution in [0.25, 0.3) is 0 Å². The van der Waals surface area contributed by atoms with E-state index in [4.69, 9.17) is 0 Å². The maximum Gasteiger partial charge on any atom is 0.555 e. The molecule has 2 rings (SSSR count). The molecule has 0 saturated heterocycles. The lowest BCUT2D eigenvalue weighted by molar-refractivity contribution is 0.117. The van der Waals surface area contributed by atoms with Gasteiger partial charge in [0.05, 0.1) is 5.69 Å². The Balaban J connectivity index is 2.23. The highest BCUT2D eigenvalue weighted by Gasteiger charge is 2.07. The van der Waals surface area contributed by atoms with Crippen molar-refractivity contribution in [2.75, 3.05) is 0 Å². The van der Waals surface area contributed by atoms with Crippen molar-refractivity contribution >= 4 is 17.5 Å². The number of para-hydroxylation sites is 1. The summed E-state index contributed by atoms with van der Waals surface area (Å²) in [5.74, 6) is 0.0946. The molecule has 0 spiro atoms. The Morgan fingerprint density at radius 2 is 1.56 bits per heavy atom. The molecule has 2 aromatic rings. The Morgan fingerprint density at radius 3 is 2.28 bits per heavy atom. The standard InChI is InChI=1S/C13H9N2O3/c16-13(17)18-12-9-5-4-8-11(12)15-14-10-6-2-1-3-7-10/h1-9H/b15-14+. The van der Waals surface area contributed by atoms with Gasteiger partial charge in [-0.1, -0.05) is 30.3 Å². The van der Waals surface area contributed by atoms with E-state index in [1.807, 2.05) is 18.2 Å². The largest absolute Gasteiger partial charge is 0.555 e. The number of azo groups is 1. The number of rotatable bonds is 3. The summed E-state index contributed by atoms with van der Waals surface area (Å²) in [4.78, 5) is 10.4. The number of hydrogen-bond acceptors (Lipinski definition) is 4. The highest BCUT2D eigenvalue weighted by Crippen LogP contribution is 2.28. The smallest absolute Gasteiger partial charge is 0.390 e. The SMILES string of the molecule is [O]C(=O)Oc1ccccc1/N=N/c1ccccc1. The molecule has 18 heavy (non-hydrogen) atoms. The third kappa shape index (κ3) is 3.15. The molecular formula is C13H9N2O3. The molecular weight excluding hydrogens is 232 g/mol. The van der Waals surface area contributed by atoms with Crippen molar-refractivity contribution in [2.45, 2.75) is 0 Å². The van der Waals surface area contributed by atoms with E-state index in [-0.39, 0.29) is 5.75 Å². The molecule has 0 amide bonds. The minimum absolute atomic E-state index is 0.0946. The molecule has 5 nitrogen and oxygen atoms in total. The first-order valence-corrected chi connectivity index (χ1v) is 5.20. The number of hydrogen-bond donors (Lipinski definition) is 0. The number of carbonyl (C=O) groups excluding carboxylic acids is 1. The average Bonchev–Trinajstić information content (AvgIpc) is 2.38. The summed E-state index contributed by atoms with van der Waals surface area (Å²) >= 11 is 0. The summed E-state index contributed by atoms with van der Waals surface area (Å²) in [5, 5.41) is 18.3. The Hall–Kier alpha value is -2.69. The first kappa shape index (κ1) is 11.8. The van der Waals surface area contributed by atoms with Crippen LogP contribution < -0.4 is 4.74 Å². The third-order valence-electron chi connectivity index (χ3n) is 2.09. The van der Waals surface area contributed by atoms with Gasteiger partial charge in [0.2, 0.25) is 0 Å². The van der Waals surface area contributed by atoms with Crippen LogP contribution in [0.1, 0.15) is 0 Å². The second-order valence-electron chi connectivity index (χ2n) is 3.36.